The van der Waals surface area contributed by atoms with Gasteiger partial charge in [0.25, 0.3) is 5.91 Å². The molecule has 5 nitrogen and oxygen atoms in total. The van der Waals surface area contributed by atoms with Gasteiger partial charge in [0.15, 0.2) is 0 Å². The van der Waals surface area contributed by atoms with Gasteiger partial charge >= 0.3 is 0 Å². The van der Waals surface area contributed by atoms with Gasteiger partial charge in [-0.25, -0.2) is 4.68 Å². The molecule has 180 valence electrons. The van der Waals surface area contributed by atoms with Crippen LogP contribution in [0.1, 0.15) is 11.3 Å². The molecule has 7 heteroatoms. The SMILES string of the molecule is O=C1C(=Cc2ccc(-n3nc(-c4ccccc4)cc3-c3ccccc3)cc2)SC(=S)N1Cc1ccco1. The van der Waals surface area contributed by atoms with E-state index in [1.165, 1.54) is 11.8 Å². The molecule has 3 heterocycles. The van der Waals surface area contributed by atoms with Crippen molar-refractivity contribution in [1.29, 1.82) is 0 Å². The third-order valence-corrected chi connectivity index (χ3v) is 7.43. The van der Waals surface area contributed by atoms with Crippen molar-refractivity contribution in [1.82, 2.24) is 14.7 Å². The standard InChI is InChI=1S/C30H21N3O2S2/c34-29-28(37-30(36)32(29)20-25-12-7-17-35-25)18-21-13-15-24(16-14-21)33-27(23-10-5-2-6-11-23)19-26(31-33)22-8-3-1-4-9-22/h1-19H,20H2. The number of amides is 1. The summed E-state index contributed by atoms with van der Waals surface area (Å²) >= 11 is 6.76. The van der Waals surface area contributed by atoms with Crippen molar-refractivity contribution in [2.45, 2.75) is 6.54 Å². The Hall–Kier alpha value is -4.20. The van der Waals surface area contributed by atoms with Crippen molar-refractivity contribution < 1.29 is 9.21 Å². The zero-order chi connectivity index (χ0) is 25.2. The Kier molecular flexibility index (Phi) is 6.30. The molecule has 2 aromatic heterocycles. The maximum absolute atomic E-state index is 13.0. The Morgan fingerprint density at radius 1 is 0.865 bits per heavy atom. The van der Waals surface area contributed by atoms with Crippen LogP contribution in [0.2, 0.25) is 0 Å². The zero-order valence-corrected chi connectivity index (χ0v) is 21.3. The molecule has 3 aromatic carbocycles. The molecule has 0 radical (unpaired) electrons. The average Bonchev–Trinajstić information content (AvgIpc) is 3.68. The van der Waals surface area contributed by atoms with Gasteiger partial charge in [0.2, 0.25) is 0 Å². The summed E-state index contributed by atoms with van der Waals surface area (Å²) in [6.07, 6.45) is 3.47. The average molecular weight is 520 g/mol. The minimum Gasteiger partial charge on any atom is -0.467 e. The van der Waals surface area contributed by atoms with Crippen molar-refractivity contribution in [3.63, 3.8) is 0 Å². The Labute approximate surface area is 224 Å². The number of nitrogens with zero attached hydrogens (tertiary/aromatic N) is 3. The molecular formula is C30H21N3O2S2. The van der Waals surface area contributed by atoms with E-state index in [9.17, 15) is 4.79 Å². The lowest BCUT2D eigenvalue weighted by atomic mass is 10.1. The predicted octanol–water partition coefficient (Wildman–Crippen LogP) is 7.20. The molecule has 1 aliphatic rings. The highest BCUT2D eigenvalue weighted by Gasteiger charge is 2.32. The number of hydrogen-bond acceptors (Lipinski definition) is 5. The van der Waals surface area contributed by atoms with Gasteiger partial charge in [-0.05, 0) is 42.0 Å². The van der Waals surface area contributed by atoms with Crippen molar-refractivity contribution in [3.05, 3.63) is 126 Å². The third-order valence-electron chi connectivity index (χ3n) is 6.05. The van der Waals surface area contributed by atoms with Crippen molar-refractivity contribution in [2.75, 3.05) is 0 Å². The molecule has 6 rings (SSSR count). The molecule has 0 N–H and O–H groups in total. The fourth-order valence-corrected chi connectivity index (χ4v) is 5.46. The minimum absolute atomic E-state index is 0.110. The summed E-state index contributed by atoms with van der Waals surface area (Å²) in [6, 6.07) is 34.2. The first kappa shape index (κ1) is 23.2. The van der Waals surface area contributed by atoms with Crippen LogP contribution in [-0.2, 0) is 11.3 Å². The van der Waals surface area contributed by atoms with E-state index in [0.717, 1.165) is 33.8 Å². The van der Waals surface area contributed by atoms with Crippen LogP contribution in [0.3, 0.4) is 0 Å². The number of hydrogen-bond donors (Lipinski definition) is 0. The van der Waals surface area contributed by atoms with E-state index in [-0.39, 0.29) is 5.91 Å². The molecule has 1 amide bonds. The molecule has 5 aromatic rings. The molecule has 0 unspecified atom stereocenters. The summed E-state index contributed by atoms with van der Waals surface area (Å²) in [4.78, 5) is 15.1. The Morgan fingerprint density at radius 3 is 2.24 bits per heavy atom. The summed E-state index contributed by atoms with van der Waals surface area (Å²) in [6.45, 7) is 0.333. The van der Waals surface area contributed by atoms with Gasteiger partial charge in [0.1, 0.15) is 10.1 Å². The van der Waals surface area contributed by atoms with E-state index in [0.29, 0.717) is 21.5 Å². The second-order valence-electron chi connectivity index (χ2n) is 8.50. The van der Waals surface area contributed by atoms with Crippen LogP contribution in [-0.4, -0.2) is 24.9 Å². The number of thioether (sulfide) groups is 1. The Balaban J connectivity index is 1.30. The van der Waals surface area contributed by atoms with Crippen LogP contribution < -0.4 is 0 Å². The fourth-order valence-electron chi connectivity index (χ4n) is 4.20. The first-order valence-corrected chi connectivity index (χ1v) is 13.0. The van der Waals surface area contributed by atoms with Crippen LogP contribution in [0.15, 0.2) is 119 Å². The molecule has 0 aliphatic carbocycles. The number of carbonyl (C=O) groups excluding carboxylic acids is 1. The summed E-state index contributed by atoms with van der Waals surface area (Å²) in [5.74, 6) is 0.589. The molecule has 0 spiro atoms. The fraction of sp³-hybridized carbons (Fsp3) is 0.0333. The maximum atomic E-state index is 13.0. The molecule has 0 bridgehead atoms. The van der Waals surface area contributed by atoms with E-state index in [1.54, 1.807) is 17.2 Å². The maximum Gasteiger partial charge on any atom is 0.266 e. The van der Waals surface area contributed by atoms with Gasteiger partial charge in [0, 0.05) is 11.1 Å². The van der Waals surface area contributed by atoms with Crippen molar-refractivity contribution in [3.8, 4) is 28.2 Å². The lowest BCUT2D eigenvalue weighted by Crippen LogP contribution is -2.27. The number of thiocarbonyl (C=S) groups is 1. The van der Waals surface area contributed by atoms with Gasteiger partial charge in [0.05, 0.1) is 34.8 Å². The quantitative estimate of drug-likeness (QED) is 0.175. The smallest absolute Gasteiger partial charge is 0.266 e. The molecule has 1 saturated heterocycles. The predicted molar refractivity (Wildman–Crippen MR) is 152 cm³/mol. The van der Waals surface area contributed by atoms with Crippen LogP contribution in [0.5, 0.6) is 0 Å². The van der Waals surface area contributed by atoms with Crippen molar-refractivity contribution >= 4 is 40.3 Å². The van der Waals surface area contributed by atoms with E-state index in [2.05, 4.69) is 30.3 Å². The van der Waals surface area contributed by atoms with E-state index < -0.39 is 0 Å². The lowest BCUT2D eigenvalue weighted by Gasteiger charge is -2.12. The molecule has 0 atom stereocenters. The second-order valence-corrected chi connectivity index (χ2v) is 10.2. The summed E-state index contributed by atoms with van der Waals surface area (Å²) < 4.78 is 7.87. The number of aromatic nitrogens is 2. The van der Waals surface area contributed by atoms with Gasteiger partial charge in [-0.1, -0.05) is 96.8 Å². The Morgan fingerprint density at radius 2 is 1.57 bits per heavy atom. The third kappa shape index (κ3) is 4.79. The Bertz CT molecular complexity index is 1590. The van der Waals surface area contributed by atoms with Crippen molar-refractivity contribution in [2.24, 2.45) is 0 Å². The largest absolute Gasteiger partial charge is 0.467 e. The van der Waals surface area contributed by atoms with Crippen LogP contribution in [0.4, 0.5) is 0 Å². The molecule has 1 aliphatic heterocycles. The van der Waals surface area contributed by atoms with E-state index in [1.807, 2.05) is 77.5 Å². The zero-order valence-electron chi connectivity index (χ0n) is 19.7. The van der Waals surface area contributed by atoms with Gasteiger partial charge in [-0.2, -0.15) is 5.10 Å². The van der Waals surface area contributed by atoms with Gasteiger partial charge in [-0.3, -0.25) is 9.69 Å². The summed E-state index contributed by atoms with van der Waals surface area (Å²) in [7, 11) is 0. The van der Waals surface area contributed by atoms with Crippen LogP contribution in [0.25, 0.3) is 34.3 Å². The van der Waals surface area contributed by atoms with Crippen LogP contribution >= 0.6 is 24.0 Å². The summed E-state index contributed by atoms with van der Waals surface area (Å²) in [5, 5.41) is 4.94. The topological polar surface area (TPSA) is 51.3 Å². The molecule has 37 heavy (non-hydrogen) atoms. The number of carbonyl (C=O) groups is 1. The first-order chi connectivity index (χ1) is 18.2. The lowest BCUT2D eigenvalue weighted by molar-refractivity contribution is -0.122. The highest BCUT2D eigenvalue weighted by Crippen LogP contribution is 2.34. The van der Waals surface area contributed by atoms with Gasteiger partial charge in [-0.15, -0.1) is 0 Å². The van der Waals surface area contributed by atoms with Crippen LogP contribution in [0, 0.1) is 0 Å². The monoisotopic (exact) mass is 519 g/mol. The number of furan rings is 1. The second kappa shape index (κ2) is 10.0. The molecule has 1 fully saturated rings. The highest BCUT2D eigenvalue weighted by atomic mass is 32.2. The first-order valence-electron chi connectivity index (χ1n) is 11.7. The minimum atomic E-state index is -0.110. The normalized spacial score (nSPS) is 14.6. The van der Waals surface area contributed by atoms with E-state index in [4.69, 9.17) is 21.7 Å². The molecule has 0 saturated carbocycles. The highest BCUT2D eigenvalue weighted by molar-refractivity contribution is 8.26. The van der Waals surface area contributed by atoms with E-state index >= 15 is 0 Å². The molecular weight excluding hydrogens is 498 g/mol. The number of benzene rings is 3. The number of rotatable bonds is 6. The van der Waals surface area contributed by atoms with Gasteiger partial charge < -0.3 is 4.42 Å². The summed E-state index contributed by atoms with van der Waals surface area (Å²) in [5.41, 5.74) is 5.91.